The van der Waals surface area contributed by atoms with Gasteiger partial charge in [-0.1, -0.05) is 195 Å². The fraction of sp³-hybridized carbons (Fsp3) is 0.955. The highest BCUT2D eigenvalue weighted by Crippen LogP contribution is 2.18. The first kappa shape index (κ1) is 50.0. The molecule has 0 radical (unpaired) electrons. The summed E-state index contributed by atoms with van der Waals surface area (Å²) < 4.78 is 6.10. The van der Waals surface area contributed by atoms with Crippen LogP contribution >= 0.6 is 0 Å². The molecule has 280 valence electrons. The fourth-order valence-electron chi connectivity index (χ4n) is 6.08. The SMILES string of the molecule is C=CC.CCCCCCCCC(C)CCCCCCCC.CCCCCCCCC(CC)OCCCCCN(C)CCCCCC. The fourth-order valence-corrected chi connectivity index (χ4v) is 6.08. The first-order valence-electron chi connectivity index (χ1n) is 21.3. The minimum atomic E-state index is 0.507. The maximum absolute atomic E-state index is 6.10. The van der Waals surface area contributed by atoms with Crippen LogP contribution < -0.4 is 0 Å². The lowest BCUT2D eigenvalue weighted by Gasteiger charge is -2.17. The van der Waals surface area contributed by atoms with Crippen LogP contribution in [0.2, 0.25) is 0 Å². The van der Waals surface area contributed by atoms with E-state index in [0.29, 0.717) is 6.10 Å². The average molecular weight is 652 g/mol. The predicted molar refractivity (Wildman–Crippen MR) is 215 cm³/mol. The maximum atomic E-state index is 6.10. The summed E-state index contributed by atoms with van der Waals surface area (Å²) in [4.78, 5) is 2.50. The van der Waals surface area contributed by atoms with E-state index < -0.39 is 0 Å². The smallest absolute Gasteiger partial charge is 0.0572 e. The molecule has 0 aliphatic heterocycles. The second-order valence-electron chi connectivity index (χ2n) is 14.5. The zero-order valence-corrected chi connectivity index (χ0v) is 33.9. The van der Waals surface area contributed by atoms with E-state index >= 15 is 0 Å². The lowest BCUT2D eigenvalue weighted by molar-refractivity contribution is 0.0405. The van der Waals surface area contributed by atoms with Crippen molar-refractivity contribution in [3.63, 3.8) is 0 Å². The number of hydrogen-bond donors (Lipinski definition) is 0. The summed E-state index contributed by atoms with van der Waals surface area (Å²) >= 11 is 0. The molecule has 0 aliphatic carbocycles. The summed E-state index contributed by atoms with van der Waals surface area (Å²) in [5.74, 6) is 0.974. The minimum Gasteiger partial charge on any atom is -0.378 e. The Kier molecular flexibility index (Phi) is 50.9. The Morgan fingerprint density at radius 1 is 0.500 bits per heavy atom. The van der Waals surface area contributed by atoms with Crippen molar-refractivity contribution in [2.75, 3.05) is 26.7 Å². The van der Waals surface area contributed by atoms with E-state index in [-0.39, 0.29) is 0 Å². The van der Waals surface area contributed by atoms with Gasteiger partial charge in [-0.15, -0.1) is 6.58 Å². The van der Waals surface area contributed by atoms with Gasteiger partial charge in [-0.05, 0) is 71.5 Å². The van der Waals surface area contributed by atoms with E-state index in [1.165, 1.54) is 199 Å². The van der Waals surface area contributed by atoms with Crippen LogP contribution in [0.3, 0.4) is 0 Å². The van der Waals surface area contributed by atoms with Gasteiger partial charge in [0.2, 0.25) is 0 Å². The van der Waals surface area contributed by atoms with Gasteiger partial charge in [0.25, 0.3) is 0 Å². The Bertz CT molecular complexity index is 490. The molecular formula is C44H93NO. The number of hydrogen-bond acceptors (Lipinski definition) is 2. The zero-order chi connectivity index (χ0) is 34.8. The Hall–Kier alpha value is -0.340. The second-order valence-corrected chi connectivity index (χ2v) is 14.5. The van der Waals surface area contributed by atoms with Crippen molar-refractivity contribution < 1.29 is 4.74 Å². The number of allylic oxidation sites excluding steroid dienone is 1. The molecule has 0 amide bonds. The maximum Gasteiger partial charge on any atom is 0.0572 e. The second kappa shape index (κ2) is 46.8. The first-order chi connectivity index (χ1) is 22.5. The number of ether oxygens (including phenoxy) is 1. The molecule has 2 nitrogen and oxygen atoms in total. The summed E-state index contributed by atoms with van der Waals surface area (Å²) in [5, 5.41) is 0. The third kappa shape index (κ3) is 48.1. The van der Waals surface area contributed by atoms with Crippen molar-refractivity contribution in [1.82, 2.24) is 4.90 Å². The van der Waals surface area contributed by atoms with E-state index in [0.717, 1.165) is 12.5 Å². The summed E-state index contributed by atoms with van der Waals surface area (Å²) in [6, 6.07) is 0. The van der Waals surface area contributed by atoms with Crippen LogP contribution in [0.15, 0.2) is 12.7 Å². The molecule has 0 bridgehead atoms. The van der Waals surface area contributed by atoms with Gasteiger partial charge >= 0.3 is 0 Å². The van der Waals surface area contributed by atoms with Crippen LogP contribution in [0.4, 0.5) is 0 Å². The van der Waals surface area contributed by atoms with Crippen molar-refractivity contribution in [2.45, 2.75) is 241 Å². The van der Waals surface area contributed by atoms with Crippen LogP contribution in [0.5, 0.6) is 0 Å². The van der Waals surface area contributed by atoms with Gasteiger partial charge in [-0.3, -0.25) is 0 Å². The highest BCUT2D eigenvalue weighted by Gasteiger charge is 2.06. The van der Waals surface area contributed by atoms with Gasteiger partial charge in [0.1, 0.15) is 0 Å². The normalized spacial score (nSPS) is 11.7. The van der Waals surface area contributed by atoms with Crippen LogP contribution in [0.25, 0.3) is 0 Å². The quantitative estimate of drug-likeness (QED) is 0.0507. The largest absolute Gasteiger partial charge is 0.378 e. The molecule has 0 heterocycles. The highest BCUT2D eigenvalue weighted by molar-refractivity contribution is 4.59. The number of nitrogens with zero attached hydrogens (tertiary/aromatic N) is 1. The van der Waals surface area contributed by atoms with Crippen LogP contribution in [0, 0.1) is 5.92 Å². The lowest BCUT2D eigenvalue weighted by Crippen LogP contribution is -2.21. The lowest BCUT2D eigenvalue weighted by atomic mass is 9.96. The predicted octanol–water partition coefficient (Wildman–Crippen LogP) is 15.5. The van der Waals surface area contributed by atoms with Crippen molar-refractivity contribution in [2.24, 2.45) is 5.92 Å². The third-order valence-corrected chi connectivity index (χ3v) is 9.37. The topological polar surface area (TPSA) is 12.5 Å². The van der Waals surface area contributed by atoms with E-state index in [4.69, 9.17) is 4.74 Å². The van der Waals surface area contributed by atoms with Crippen molar-refractivity contribution in [1.29, 1.82) is 0 Å². The number of rotatable bonds is 34. The molecular weight excluding hydrogens is 558 g/mol. The molecule has 0 aliphatic rings. The Labute approximate surface area is 295 Å². The Morgan fingerprint density at radius 3 is 1.22 bits per heavy atom. The number of unbranched alkanes of at least 4 members (excludes halogenated alkanes) is 20. The summed E-state index contributed by atoms with van der Waals surface area (Å²) in [5.41, 5.74) is 0. The molecule has 2 heteroatoms. The van der Waals surface area contributed by atoms with Gasteiger partial charge < -0.3 is 9.64 Å². The molecule has 1 unspecified atom stereocenters. The molecule has 0 fully saturated rings. The van der Waals surface area contributed by atoms with E-state index in [2.05, 4.69) is 60.1 Å². The highest BCUT2D eigenvalue weighted by atomic mass is 16.5. The summed E-state index contributed by atoms with van der Waals surface area (Å²) in [7, 11) is 2.27. The van der Waals surface area contributed by atoms with E-state index in [1.807, 2.05) is 6.92 Å². The van der Waals surface area contributed by atoms with E-state index in [1.54, 1.807) is 6.08 Å². The summed E-state index contributed by atoms with van der Waals surface area (Å²) in [6.45, 7) is 22.6. The van der Waals surface area contributed by atoms with Gasteiger partial charge in [0.05, 0.1) is 6.10 Å². The van der Waals surface area contributed by atoms with Crippen molar-refractivity contribution in [3.05, 3.63) is 12.7 Å². The van der Waals surface area contributed by atoms with E-state index in [9.17, 15) is 0 Å². The van der Waals surface area contributed by atoms with Gasteiger partial charge in [0, 0.05) is 6.61 Å². The molecule has 1 atom stereocenters. The molecule has 0 aromatic carbocycles. The summed E-state index contributed by atoms with van der Waals surface area (Å²) in [6.07, 6.45) is 42.7. The Balaban J connectivity index is -0.000000772. The third-order valence-electron chi connectivity index (χ3n) is 9.37. The molecule has 0 saturated carbocycles. The molecule has 46 heavy (non-hydrogen) atoms. The Morgan fingerprint density at radius 2 is 0.826 bits per heavy atom. The average Bonchev–Trinajstić information content (AvgIpc) is 3.05. The van der Waals surface area contributed by atoms with Crippen molar-refractivity contribution >= 4 is 0 Å². The van der Waals surface area contributed by atoms with Crippen LogP contribution in [0.1, 0.15) is 235 Å². The van der Waals surface area contributed by atoms with Crippen LogP contribution in [-0.2, 0) is 4.74 Å². The first-order valence-corrected chi connectivity index (χ1v) is 21.3. The van der Waals surface area contributed by atoms with Crippen molar-refractivity contribution in [3.8, 4) is 0 Å². The molecule has 0 aromatic heterocycles. The monoisotopic (exact) mass is 652 g/mol. The molecule has 0 aromatic rings. The van der Waals surface area contributed by atoms with Gasteiger partial charge in [0.15, 0.2) is 0 Å². The molecule has 0 spiro atoms. The van der Waals surface area contributed by atoms with Crippen LogP contribution in [-0.4, -0.2) is 37.7 Å². The molecule has 0 N–H and O–H groups in total. The molecule has 0 rings (SSSR count). The minimum absolute atomic E-state index is 0.507. The zero-order valence-electron chi connectivity index (χ0n) is 33.9. The van der Waals surface area contributed by atoms with Gasteiger partial charge in [-0.2, -0.15) is 0 Å². The standard InChI is InChI=1S/C23H49NO.C18H38.C3H6/c1-5-8-10-12-13-15-19-23(7-3)25-22-18-14-17-21-24(4)20-16-11-9-6-2;1-4-6-8-10-12-14-16-18(3)17-15-13-11-9-7-5-2;1-3-2/h23H,5-22H2,1-4H3;18H,4-17H2,1-3H3;3H,1H2,2H3. The molecule has 0 saturated heterocycles. The van der Waals surface area contributed by atoms with Gasteiger partial charge in [-0.25, -0.2) is 0 Å².